The van der Waals surface area contributed by atoms with Gasteiger partial charge in [0.05, 0.1) is 6.42 Å². The molecule has 1 rings (SSSR count). The SMILES string of the molecule is CCC(CN)CC(=O)N(CCC(=O)O)c1ccccc1. The van der Waals surface area contributed by atoms with Crippen molar-refractivity contribution >= 4 is 17.6 Å². The minimum absolute atomic E-state index is 0.0694. The molecule has 0 aliphatic heterocycles. The number of rotatable bonds is 8. The Hall–Kier alpha value is -1.88. The number of para-hydroxylation sites is 1. The molecule has 0 radical (unpaired) electrons. The summed E-state index contributed by atoms with van der Waals surface area (Å²) in [6.45, 7) is 2.64. The van der Waals surface area contributed by atoms with E-state index in [1.165, 1.54) is 4.90 Å². The van der Waals surface area contributed by atoms with Gasteiger partial charge in [0.2, 0.25) is 5.91 Å². The maximum atomic E-state index is 12.4. The summed E-state index contributed by atoms with van der Waals surface area (Å²) in [6.07, 6.45) is 1.12. The van der Waals surface area contributed by atoms with Crippen LogP contribution in [0.1, 0.15) is 26.2 Å². The molecule has 0 spiro atoms. The lowest BCUT2D eigenvalue weighted by atomic mass is 10.0. The van der Waals surface area contributed by atoms with Crippen molar-refractivity contribution in [3.8, 4) is 0 Å². The quantitative estimate of drug-likeness (QED) is 0.760. The number of carbonyl (C=O) groups excluding carboxylic acids is 1. The van der Waals surface area contributed by atoms with Crippen LogP contribution in [0.4, 0.5) is 5.69 Å². The van der Waals surface area contributed by atoms with Gasteiger partial charge in [-0.1, -0.05) is 31.5 Å². The van der Waals surface area contributed by atoms with Gasteiger partial charge in [0.1, 0.15) is 0 Å². The fourth-order valence-electron chi connectivity index (χ4n) is 1.96. The van der Waals surface area contributed by atoms with Crippen LogP contribution in [-0.4, -0.2) is 30.1 Å². The molecule has 1 atom stereocenters. The lowest BCUT2D eigenvalue weighted by molar-refractivity contribution is -0.136. The second kappa shape index (κ2) is 8.32. The summed E-state index contributed by atoms with van der Waals surface area (Å²) in [6, 6.07) is 9.14. The van der Waals surface area contributed by atoms with E-state index in [0.29, 0.717) is 13.0 Å². The number of anilines is 1. The topological polar surface area (TPSA) is 83.6 Å². The van der Waals surface area contributed by atoms with E-state index in [9.17, 15) is 9.59 Å². The van der Waals surface area contributed by atoms with Crippen LogP contribution in [-0.2, 0) is 9.59 Å². The van der Waals surface area contributed by atoms with Crippen LogP contribution in [0.2, 0.25) is 0 Å². The highest BCUT2D eigenvalue weighted by Crippen LogP contribution is 2.17. The Kier molecular flexibility index (Phi) is 6.73. The lowest BCUT2D eigenvalue weighted by Crippen LogP contribution is -2.35. The first kappa shape index (κ1) is 16.2. The lowest BCUT2D eigenvalue weighted by Gasteiger charge is -2.24. The molecule has 20 heavy (non-hydrogen) atoms. The number of carboxylic acid groups (broad SMARTS) is 1. The molecule has 5 heteroatoms. The zero-order valence-electron chi connectivity index (χ0n) is 11.8. The summed E-state index contributed by atoms with van der Waals surface area (Å²) in [5.41, 5.74) is 6.36. The van der Waals surface area contributed by atoms with E-state index >= 15 is 0 Å². The molecule has 0 saturated heterocycles. The van der Waals surface area contributed by atoms with Gasteiger partial charge in [0.25, 0.3) is 0 Å². The fourth-order valence-corrected chi connectivity index (χ4v) is 1.96. The molecule has 1 unspecified atom stereocenters. The van der Waals surface area contributed by atoms with Crippen LogP contribution in [0.25, 0.3) is 0 Å². The largest absolute Gasteiger partial charge is 0.481 e. The van der Waals surface area contributed by atoms with Crippen LogP contribution >= 0.6 is 0 Å². The highest BCUT2D eigenvalue weighted by atomic mass is 16.4. The summed E-state index contributed by atoms with van der Waals surface area (Å²) < 4.78 is 0. The van der Waals surface area contributed by atoms with E-state index in [2.05, 4.69) is 0 Å². The first-order valence-corrected chi connectivity index (χ1v) is 6.85. The molecule has 0 saturated carbocycles. The van der Waals surface area contributed by atoms with Crippen molar-refractivity contribution in [2.24, 2.45) is 11.7 Å². The van der Waals surface area contributed by atoms with Crippen molar-refractivity contribution in [3.63, 3.8) is 0 Å². The van der Waals surface area contributed by atoms with Gasteiger partial charge in [0, 0.05) is 18.7 Å². The molecule has 1 aromatic carbocycles. The van der Waals surface area contributed by atoms with E-state index < -0.39 is 5.97 Å². The Morgan fingerprint density at radius 1 is 1.30 bits per heavy atom. The average Bonchev–Trinajstić information content (AvgIpc) is 2.45. The summed E-state index contributed by atoms with van der Waals surface area (Å²) in [4.78, 5) is 24.6. The van der Waals surface area contributed by atoms with Gasteiger partial charge in [0.15, 0.2) is 0 Å². The maximum absolute atomic E-state index is 12.4. The molecule has 0 fully saturated rings. The Morgan fingerprint density at radius 3 is 2.45 bits per heavy atom. The first-order valence-electron chi connectivity index (χ1n) is 6.85. The fraction of sp³-hybridized carbons (Fsp3) is 0.467. The molecule has 110 valence electrons. The standard InChI is InChI=1S/C15H22N2O3/c1-2-12(11-16)10-14(18)17(9-8-15(19)20)13-6-4-3-5-7-13/h3-7,12H,2,8-11,16H2,1H3,(H,19,20). The molecule has 0 aliphatic carbocycles. The molecule has 0 aliphatic rings. The number of hydrogen-bond acceptors (Lipinski definition) is 3. The monoisotopic (exact) mass is 278 g/mol. The molecular weight excluding hydrogens is 256 g/mol. The zero-order valence-corrected chi connectivity index (χ0v) is 11.8. The highest BCUT2D eigenvalue weighted by Gasteiger charge is 2.19. The minimum Gasteiger partial charge on any atom is -0.481 e. The molecule has 3 N–H and O–H groups in total. The van der Waals surface area contributed by atoms with Gasteiger partial charge in [-0.25, -0.2) is 0 Å². The minimum atomic E-state index is -0.912. The van der Waals surface area contributed by atoms with Crippen LogP contribution in [0, 0.1) is 5.92 Å². The van der Waals surface area contributed by atoms with Gasteiger partial charge < -0.3 is 15.7 Å². The molecule has 0 bridgehead atoms. The van der Waals surface area contributed by atoms with Gasteiger partial charge >= 0.3 is 5.97 Å². The second-order valence-corrected chi connectivity index (χ2v) is 4.74. The summed E-state index contributed by atoms with van der Waals surface area (Å²) in [5, 5.41) is 8.81. The van der Waals surface area contributed by atoms with Crippen LogP contribution in [0.5, 0.6) is 0 Å². The molecule has 1 aromatic rings. The third-order valence-electron chi connectivity index (χ3n) is 3.29. The molecule has 0 heterocycles. The van der Waals surface area contributed by atoms with Crippen molar-refractivity contribution in [2.45, 2.75) is 26.2 Å². The van der Waals surface area contributed by atoms with Gasteiger partial charge in [-0.15, -0.1) is 0 Å². The number of nitrogens with zero attached hydrogens (tertiary/aromatic N) is 1. The van der Waals surface area contributed by atoms with Crippen molar-refractivity contribution in [1.29, 1.82) is 0 Å². The van der Waals surface area contributed by atoms with Crippen molar-refractivity contribution in [3.05, 3.63) is 30.3 Å². The van der Waals surface area contributed by atoms with E-state index in [1.54, 1.807) is 0 Å². The van der Waals surface area contributed by atoms with Crippen molar-refractivity contribution in [1.82, 2.24) is 0 Å². The van der Waals surface area contributed by atoms with E-state index in [-0.39, 0.29) is 24.8 Å². The number of hydrogen-bond donors (Lipinski definition) is 2. The Labute approximate surface area is 119 Å². The van der Waals surface area contributed by atoms with E-state index in [4.69, 9.17) is 10.8 Å². The van der Waals surface area contributed by atoms with E-state index in [1.807, 2.05) is 37.3 Å². The number of benzene rings is 1. The average molecular weight is 278 g/mol. The second-order valence-electron chi connectivity index (χ2n) is 4.74. The predicted molar refractivity (Wildman–Crippen MR) is 78.5 cm³/mol. The zero-order chi connectivity index (χ0) is 15.0. The van der Waals surface area contributed by atoms with Gasteiger partial charge in [-0.05, 0) is 24.6 Å². The molecular formula is C15H22N2O3. The van der Waals surface area contributed by atoms with Crippen molar-refractivity contribution < 1.29 is 14.7 Å². The molecule has 0 aromatic heterocycles. The number of carboxylic acids is 1. The number of nitrogens with two attached hydrogens (primary N) is 1. The van der Waals surface area contributed by atoms with Crippen LogP contribution in [0.3, 0.4) is 0 Å². The van der Waals surface area contributed by atoms with Crippen LogP contribution < -0.4 is 10.6 Å². The Morgan fingerprint density at radius 2 is 1.95 bits per heavy atom. The summed E-state index contributed by atoms with van der Waals surface area (Å²) in [7, 11) is 0. The third-order valence-corrected chi connectivity index (χ3v) is 3.29. The first-order chi connectivity index (χ1) is 9.58. The van der Waals surface area contributed by atoms with E-state index in [0.717, 1.165) is 12.1 Å². The number of amides is 1. The van der Waals surface area contributed by atoms with Crippen LogP contribution in [0.15, 0.2) is 30.3 Å². The number of carbonyl (C=O) groups is 2. The van der Waals surface area contributed by atoms with Gasteiger partial charge in [-0.3, -0.25) is 9.59 Å². The predicted octanol–water partition coefficient (Wildman–Crippen LogP) is 1.87. The van der Waals surface area contributed by atoms with Gasteiger partial charge in [-0.2, -0.15) is 0 Å². The summed E-state index contributed by atoms with van der Waals surface area (Å²) >= 11 is 0. The Balaban J connectivity index is 2.81. The smallest absolute Gasteiger partial charge is 0.305 e. The third kappa shape index (κ3) is 5.01. The van der Waals surface area contributed by atoms with Crippen molar-refractivity contribution in [2.75, 3.05) is 18.0 Å². The molecule has 5 nitrogen and oxygen atoms in total. The normalized spacial score (nSPS) is 11.9. The Bertz CT molecular complexity index is 430. The summed E-state index contributed by atoms with van der Waals surface area (Å²) in [5.74, 6) is -0.849. The number of aliphatic carboxylic acids is 1. The highest BCUT2D eigenvalue weighted by molar-refractivity contribution is 5.93. The maximum Gasteiger partial charge on any atom is 0.305 e. The molecule has 1 amide bonds.